The number of esters is 1. The molecule has 1 atom stereocenters. The molecule has 0 saturated carbocycles. The third-order valence-electron chi connectivity index (χ3n) is 5.54. The first-order valence-corrected chi connectivity index (χ1v) is 10.5. The van der Waals surface area contributed by atoms with E-state index in [9.17, 15) is 4.79 Å². The standard InChI is InChI=1S/C25H30N2O2/c1-5-7-10-18(6-2)16-29-25(28)23(14-26-4)24-20-12-9-8-11-19(20)21-13-17(3)27-15-22(21)24/h8-9,11-15,18H,5-7,10,16H2,1-4H3/b24-23-,26-14+. The Morgan fingerprint density at radius 2 is 1.93 bits per heavy atom. The van der Waals surface area contributed by atoms with Crippen molar-refractivity contribution in [3.8, 4) is 11.1 Å². The number of carbonyl (C=O) groups is 1. The Kier molecular flexibility index (Phi) is 6.97. The summed E-state index contributed by atoms with van der Waals surface area (Å²) < 4.78 is 5.76. The highest BCUT2D eigenvalue weighted by Gasteiger charge is 2.29. The summed E-state index contributed by atoms with van der Waals surface area (Å²) in [6.45, 7) is 6.76. The number of carbonyl (C=O) groups excluding carboxylic acids is 1. The Labute approximate surface area is 173 Å². The van der Waals surface area contributed by atoms with Gasteiger partial charge in [-0.25, -0.2) is 4.79 Å². The van der Waals surface area contributed by atoms with Gasteiger partial charge < -0.3 is 4.74 Å². The van der Waals surface area contributed by atoms with Gasteiger partial charge in [0.15, 0.2) is 0 Å². The smallest absolute Gasteiger partial charge is 0.340 e. The molecule has 2 aromatic rings. The lowest BCUT2D eigenvalue weighted by Gasteiger charge is -2.16. The number of aromatic nitrogens is 1. The van der Waals surface area contributed by atoms with Crippen LogP contribution in [0.1, 0.15) is 56.4 Å². The lowest BCUT2D eigenvalue weighted by Crippen LogP contribution is -2.17. The van der Waals surface area contributed by atoms with Gasteiger partial charge in [-0.3, -0.25) is 9.98 Å². The molecule has 1 heterocycles. The molecule has 4 nitrogen and oxygen atoms in total. The van der Waals surface area contributed by atoms with Crippen LogP contribution in [0.25, 0.3) is 16.7 Å². The van der Waals surface area contributed by atoms with E-state index in [2.05, 4.69) is 36.0 Å². The Morgan fingerprint density at radius 3 is 2.62 bits per heavy atom. The van der Waals surface area contributed by atoms with E-state index in [0.717, 1.165) is 59.2 Å². The van der Waals surface area contributed by atoms with Crippen LogP contribution < -0.4 is 0 Å². The molecule has 1 aromatic heterocycles. The van der Waals surface area contributed by atoms with Crippen molar-refractivity contribution in [3.63, 3.8) is 0 Å². The van der Waals surface area contributed by atoms with Crippen LogP contribution in [0.4, 0.5) is 0 Å². The minimum absolute atomic E-state index is 0.316. The number of aliphatic imine (C=N–C) groups is 1. The zero-order valence-electron chi connectivity index (χ0n) is 17.9. The summed E-state index contributed by atoms with van der Waals surface area (Å²) in [6.07, 6.45) is 7.89. The van der Waals surface area contributed by atoms with Crippen molar-refractivity contribution in [2.24, 2.45) is 10.9 Å². The Balaban J connectivity index is 2.00. The maximum absolute atomic E-state index is 13.1. The number of fused-ring (bicyclic) bond motifs is 3. The highest BCUT2D eigenvalue weighted by molar-refractivity contribution is 6.21. The van der Waals surface area contributed by atoms with Crippen LogP contribution in [0.15, 0.2) is 47.1 Å². The molecule has 3 rings (SSSR count). The van der Waals surface area contributed by atoms with Gasteiger partial charge in [-0.15, -0.1) is 0 Å². The molecule has 0 fully saturated rings. The molecule has 1 aliphatic rings. The summed E-state index contributed by atoms with van der Waals surface area (Å²) in [5.41, 5.74) is 6.52. The van der Waals surface area contributed by atoms with Gasteiger partial charge >= 0.3 is 5.97 Å². The number of benzene rings is 1. The highest BCUT2D eigenvalue weighted by Crippen LogP contribution is 2.45. The third-order valence-corrected chi connectivity index (χ3v) is 5.54. The van der Waals surface area contributed by atoms with Crippen LogP contribution in [0, 0.1) is 12.8 Å². The van der Waals surface area contributed by atoms with E-state index in [1.165, 1.54) is 0 Å². The van der Waals surface area contributed by atoms with Gasteiger partial charge in [0.25, 0.3) is 0 Å². The summed E-state index contributed by atoms with van der Waals surface area (Å²) in [7, 11) is 1.68. The van der Waals surface area contributed by atoms with Gasteiger partial charge in [-0.2, -0.15) is 0 Å². The summed E-state index contributed by atoms with van der Waals surface area (Å²) in [4.78, 5) is 21.7. The van der Waals surface area contributed by atoms with Crippen LogP contribution in [-0.2, 0) is 9.53 Å². The fourth-order valence-corrected chi connectivity index (χ4v) is 3.87. The number of hydrogen-bond donors (Lipinski definition) is 0. The molecule has 0 N–H and O–H groups in total. The van der Waals surface area contributed by atoms with Crippen LogP contribution in [-0.4, -0.2) is 30.8 Å². The van der Waals surface area contributed by atoms with E-state index >= 15 is 0 Å². The first kappa shape index (κ1) is 21.0. The molecule has 152 valence electrons. The van der Waals surface area contributed by atoms with Gasteiger partial charge in [-0.1, -0.05) is 57.4 Å². The molecule has 0 saturated heterocycles. The fraction of sp³-hybridized carbons (Fsp3) is 0.400. The zero-order chi connectivity index (χ0) is 20.8. The Morgan fingerprint density at radius 1 is 1.17 bits per heavy atom. The van der Waals surface area contributed by atoms with Crippen LogP contribution in [0.5, 0.6) is 0 Å². The van der Waals surface area contributed by atoms with Crippen molar-refractivity contribution < 1.29 is 9.53 Å². The maximum atomic E-state index is 13.1. The van der Waals surface area contributed by atoms with E-state index < -0.39 is 0 Å². The predicted octanol–water partition coefficient (Wildman–Crippen LogP) is 5.63. The van der Waals surface area contributed by atoms with Crippen molar-refractivity contribution >= 4 is 17.8 Å². The Hall–Kier alpha value is -2.75. The van der Waals surface area contributed by atoms with Crippen LogP contribution in [0.2, 0.25) is 0 Å². The van der Waals surface area contributed by atoms with E-state index in [4.69, 9.17) is 4.74 Å². The summed E-state index contributed by atoms with van der Waals surface area (Å²) in [6, 6.07) is 10.2. The molecular weight excluding hydrogens is 360 g/mol. The zero-order valence-corrected chi connectivity index (χ0v) is 17.9. The molecule has 1 aliphatic carbocycles. The number of pyridine rings is 1. The molecule has 0 spiro atoms. The van der Waals surface area contributed by atoms with E-state index in [1.54, 1.807) is 13.3 Å². The molecule has 0 amide bonds. The van der Waals surface area contributed by atoms with Crippen molar-refractivity contribution in [1.82, 2.24) is 4.98 Å². The second-order valence-electron chi connectivity index (χ2n) is 7.61. The minimum atomic E-state index is -0.316. The first-order valence-electron chi connectivity index (χ1n) is 10.5. The average Bonchev–Trinajstić information content (AvgIpc) is 3.05. The molecule has 1 unspecified atom stereocenters. The first-order chi connectivity index (χ1) is 14.1. The van der Waals surface area contributed by atoms with Gasteiger partial charge in [-0.05, 0) is 42.0 Å². The van der Waals surface area contributed by atoms with Crippen molar-refractivity contribution in [2.75, 3.05) is 13.7 Å². The number of nitrogens with zero attached hydrogens (tertiary/aromatic N) is 2. The predicted molar refractivity (Wildman–Crippen MR) is 119 cm³/mol. The number of hydrogen-bond acceptors (Lipinski definition) is 4. The van der Waals surface area contributed by atoms with E-state index in [0.29, 0.717) is 18.1 Å². The maximum Gasteiger partial charge on any atom is 0.340 e. The summed E-state index contributed by atoms with van der Waals surface area (Å²) in [5.74, 6) is 0.0833. The van der Waals surface area contributed by atoms with E-state index in [1.807, 2.05) is 31.3 Å². The minimum Gasteiger partial charge on any atom is -0.462 e. The van der Waals surface area contributed by atoms with Gasteiger partial charge in [0.1, 0.15) is 0 Å². The largest absolute Gasteiger partial charge is 0.462 e. The van der Waals surface area contributed by atoms with Crippen molar-refractivity contribution in [2.45, 2.75) is 46.5 Å². The molecule has 0 radical (unpaired) electrons. The second-order valence-corrected chi connectivity index (χ2v) is 7.61. The topological polar surface area (TPSA) is 51.5 Å². The second kappa shape index (κ2) is 9.64. The SMILES string of the molecule is CCCCC(CC)COC(=O)C(/C=N/C)=C1/c2ccccc2-c2cc(C)ncc21. The highest BCUT2D eigenvalue weighted by atomic mass is 16.5. The monoisotopic (exact) mass is 390 g/mol. The van der Waals surface area contributed by atoms with Crippen LogP contribution in [0.3, 0.4) is 0 Å². The molecule has 29 heavy (non-hydrogen) atoms. The molecule has 1 aromatic carbocycles. The molecule has 0 aliphatic heterocycles. The molecule has 4 heteroatoms. The summed E-state index contributed by atoms with van der Waals surface area (Å²) >= 11 is 0. The Bertz CT molecular complexity index is 944. The quantitative estimate of drug-likeness (QED) is 0.284. The van der Waals surface area contributed by atoms with Crippen LogP contribution >= 0.6 is 0 Å². The van der Waals surface area contributed by atoms with Gasteiger partial charge in [0.2, 0.25) is 0 Å². The number of ether oxygens (including phenoxy) is 1. The summed E-state index contributed by atoms with van der Waals surface area (Å²) in [5, 5.41) is 0. The third kappa shape index (κ3) is 4.47. The number of aryl methyl sites for hydroxylation is 1. The average molecular weight is 391 g/mol. The fourth-order valence-electron chi connectivity index (χ4n) is 3.87. The lowest BCUT2D eigenvalue weighted by atomic mass is 9.98. The lowest BCUT2D eigenvalue weighted by molar-refractivity contribution is -0.139. The molecular formula is C25H30N2O2. The normalized spacial score (nSPS) is 15.2. The number of unbranched alkanes of at least 4 members (excludes halogenated alkanes) is 1. The van der Waals surface area contributed by atoms with Crippen molar-refractivity contribution in [1.29, 1.82) is 0 Å². The van der Waals surface area contributed by atoms with Gasteiger partial charge in [0.05, 0.1) is 12.2 Å². The van der Waals surface area contributed by atoms with Gasteiger partial charge in [0, 0.05) is 36.3 Å². The van der Waals surface area contributed by atoms with E-state index in [-0.39, 0.29) is 5.97 Å². The van der Waals surface area contributed by atoms with Crippen molar-refractivity contribution in [3.05, 3.63) is 58.9 Å². The number of rotatable bonds is 8. The molecule has 0 bridgehead atoms.